The molecule has 0 atom stereocenters. The van der Waals surface area contributed by atoms with Crippen LogP contribution >= 0.6 is 11.8 Å². The van der Waals surface area contributed by atoms with Gasteiger partial charge < -0.3 is 4.57 Å². The summed E-state index contributed by atoms with van der Waals surface area (Å²) < 4.78 is 2.27. The van der Waals surface area contributed by atoms with E-state index >= 15 is 0 Å². The number of nitrogens with one attached hydrogen (secondary N) is 1. The number of thioether (sulfide) groups is 1. The molecule has 31 heavy (non-hydrogen) atoms. The second kappa shape index (κ2) is 9.92. The highest BCUT2D eigenvalue weighted by atomic mass is 32.2. The second-order valence-electron chi connectivity index (χ2n) is 7.61. The van der Waals surface area contributed by atoms with E-state index in [1.807, 2.05) is 19.9 Å². The lowest BCUT2D eigenvalue weighted by Gasteiger charge is -2.17. The smallest absolute Gasteiger partial charge is 0.250 e. The first-order chi connectivity index (χ1) is 14.8. The third kappa shape index (κ3) is 5.41. The number of carbonyl (C=O) groups is 1. The molecule has 162 valence electrons. The molecule has 3 rings (SSSR count). The van der Waals surface area contributed by atoms with E-state index in [-0.39, 0.29) is 11.7 Å². The number of para-hydroxylation sites is 1. The van der Waals surface area contributed by atoms with E-state index in [4.69, 9.17) is 0 Å². The molecule has 0 aliphatic heterocycles. The molecule has 2 aromatic heterocycles. The van der Waals surface area contributed by atoms with Gasteiger partial charge in [-0.1, -0.05) is 36.9 Å². The van der Waals surface area contributed by atoms with Crippen molar-refractivity contribution in [2.45, 2.75) is 53.1 Å². The number of aromatic nitrogens is 3. The molecular weight excluding hydrogens is 406 g/mol. The van der Waals surface area contributed by atoms with Crippen LogP contribution in [-0.4, -0.2) is 32.4 Å². The van der Waals surface area contributed by atoms with Gasteiger partial charge in [0.2, 0.25) is 0 Å². The molecule has 0 unspecified atom stereocenters. The van der Waals surface area contributed by atoms with Crippen molar-refractivity contribution in [3.05, 3.63) is 69.8 Å². The van der Waals surface area contributed by atoms with Crippen LogP contribution in [0.25, 0.3) is 5.69 Å². The first-order valence-electron chi connectivity index (χ1n) is 10.3. The van der Waals surface area contributed by atoms with Gasteiger partial charge in [-0.25, -0.2) is 15.4 Å². The zero-order chi connectivity index (χ0) is 22.5. The molecule has 3 aromatic rings. The van der Waals surface area contributed by atoms with Crippen molar-refractivity contribution < 1.29 is 4.79 Å². The molecule has 0 spiro atoms. The van der Waals surface area contributed by atoms with Gasteiger partial charge in [0.1, 0.15) is 0 Å². The fourth-order valence-electron chi connectivity index (χ4n) is 3.68. The maximum absolute atomic E-state index is 12.2. The Balaban J connectivity index is 1.70. The van der Waals surface area contributed by atoms with Crippen LogP contribution < -0.4 is 5.43 Å². The van der Waals surface area contributed by atoms with Crippen LogP contribution in [0.1, 0.15) is 46.4 Å². The molecule has 2 heterocycles. The first kappa shape index (κ1) is 22.7. The predicted octanol–water partition coefficient (Wildman–Crippen LogP) is 4.61. The maximum Gasteiger partial charge on any atom is 0.250 e. The summed E-state index contributed by atoms with van der Waals surface area (Å²) in [6.45, 7) is 12.3. The quantitative estimate of drug-likeness (QED) is 0.254. The van der Waals surface area contributed by atoms with Gasteiger partial charge in [0.05, 0.1) is 17.7 Å². The van der Waals surface area contributed by atoms with E-state index in [0.29, 0.717) is 5.16 Å². The zero-order valence-electron chi connectivity index (χ0n) is 19.0. The SMILES string of the molecule is CCc1cccc(C)c1-n1c(C)cc(/C=N\NC(=O)CSc2nc(C)cc(C)n2)c1C. The topological polar surface area (TPSA) is 72.2 Å². The van der Waals surface area contributed by atoms with Crippen molar-refractivity contribution in [1.29, 1.82) is 0 Å². The molecular formula is C24H29N5OS. The van der Waals surface area contributed by atoms with Crippen molar-refractivity contribution in [2.24, 2.45) is 5.10 Å². The highest BCUT2D eigenvalue weighted by Gasteiger charge is 2.14. The summed E-state index contributed by atoms with van der Waals surface area (Å²) in [5.74, 6) is 0.0208. The Morgan fingerprint density at radius 3 is 2.52 bits per heavy atom. The Labute approximate surface area is 188 Å². The highest BCUT2D eigenvalue weighted by Crippen LogP contribution is 2.26. The summed E-state index contributed by atoms with van der Waals surface area (Å²) in [5, 5.41) is 4.77. The average molecular weight is 436 g/mol. The number of benzene rings is 1. The number of nitrogens with zero attached hydrogens (tertiary/aromatic N) is 4. The van der Waals surface area contributed by atoms with Crippen LogP contribution in [0.4, 0.5) is 0 Å². The van der Waals surface area contributed by atoms with Gasteiger partial charge in [-0.15, -0.1) is 0 Å². The second-order valence-corrected chi connectivity index (χ2v) is 8.56. The van der Waals surface area contributed by atoms with Crippen LogP contribution in [0.5, 0.6) is 0 Å². The Morgan fingerprint density at radius 1 is 1.13 bits per heavy atom. The molecule has 0 fully saturated rings. The molecule has 1 aromatic carbocycles. The van der Waals surface area contributed by atoms with E-state index in [9.17, 15) is 4.79 Å². The number of rotatable bonds is 7. The van der Waals surface area contributed by atoms with Crippen molar-refractivity contribution in [3.8, 4) is 5.69 Å². The van der Waals surface area contributed by atoms with Crippen molar-refractivity contribution in [3.63, 3.8) is 0 Å². The summed E-state index contributed by atoms with van der Waals surface area (Å²) in [6.07, 6.45) is 2.67. The summed E-state index contributed by atoms with van der Waals surface area (Å²) in [7, 11) is 0. The van der Waals surface area contributed by atoms with E-state index in [1.165, 1.54) is 28.6 Å². The van der Waals surface area contributed by atoms with Crippen molar-refractivity contribution in [1.82, 2.24) is 20.0 Å². The third-order valence-corrected chi connectivity index (χ3v) is 5.93. The summed E-state index contributed by atoms with van der Waals surface area (Å²) in [5.41, 5.74) is 11.4. The molecule has 0 saturated heterocycles. The van der Waals surface area contributed by atoms with E-state index in [1.54, 1.807) is 6.21 Å². The predicted molar refractivity (Wildman–Crippen MR) is 127 cm³/mol. The van der Waals surface area contributed by atoms with Gasteiger partial charge in [0.25, 0.3) is 5.91 Å². The molecule has 6 nitrogen and oxygen atoms in total. The summed E-state index contributed by atoms with van der Waals surface area (Å²) in [6, 6.07) is 10.4. The van der Waals surface area contributed by atoms with Gasteiger partial charge in [0, 0.05) is 28.3 Å². The molecule has 7 heteroatoms. The third-order valence-electron chi connectivity index (χ3n) is 5.08. The summed E-state index contributed by atoms with van der Waals surface area (Å²) >= 11 is 1.30. The van der Waals surface area contributed by atoms with Crippen molar-refractivity contribution >= 4 is 23.9 Å². The lowest BCUT2D eigenvalue weighted by atomic mass is 10.1. The van der Waals surface area contributed by atoms with Gasteiger partial charge in [-0.3, -0.25) is 4.79 Å². The van der Waals surface area contributed by atoms with Crippen LogP contribution in [0.3, 0.4) is 0 Å². The molecule has 1 N–H and O–H groups in total. The van der Waals surface area contributed by atoms with Gasteiger partial charge in [-0.05, 0) is 64.3 Å². The Hall–Kier alpha value is -2.93. The molecule has 0 aliphatic carbocycles. The normalized spacial score (nSPS) is 11.3. The van der Waals surface area contributed by atoms with E-state index in [0.717, 1.165) is 34.8 Å². The number of carbonyl (C=O) groups excluding carboxylic acids is 1. The minimum Gasteiger partial charge on any atom is -0.317 e. The fourth-order valence-corrected chi connectivity index (χ4v) is 4.42. The molecule has 0 aliphatic rings. The van der Waals surface area contributed by atoms with Crippen molar-refractivity contribution in [2.75, 3.05) is 5.75 Å². The fraction of sp³-hybridized carbons (Fsp3) is 0.333. The average Bonchev–Trinajstić information content (AvgIpc) is 2.99. The Morgan fingerprint density at radius 2 is 1.84 bits per heavy atom. The highest BCUT2D eigenvalue weighted by molar-refractivity contribution is 7.99. The number of amides is 1. The van der Waals surface area contributed by atoms with Gasteiger partial charge >= 0.3 is 0 Å². The summed E-state index contributed by atoms with van der Waals surface area (Å²) in [4.78, 5) is 20.9. The van der Waals surface area contributed by atoms with Crippen LogP contribution in [-0.2, 0) is 11.2 Å². The number of hydrazone groups is 1. The van der Waals surface area contributed by atoms with Crippen LogP contribution in [0.15, 0.2) is 40.6 Å². The first-order valence-corrected chi connectivity index (χ1v) is 11.3. The number of aryl methyl sites for hydroxylation is 5. The zero-order valence-corrected chi connectivity index (χ0v) is 19.8. The minimum absolute atomic E-state index is 0.190. The maximum atomic E-state index is 12.2. The molecule has 1 amide bonds. The van der Waals surface area contributed by atoms with Crippen LogP contribution in [0.2, 0.25) is 0 Å². The largest absolute Gasteiger partial charge is 0.317 e. The number of hydrogen-bond donors (Lipinski definition) is 1. The Bertz CT molecular complexity index is 1110. The number of hydrogen-bond acceptors (Lipinski definition) is 5. The van der Waals surface area contributed by atoms with Gasteiger partial charge in [0.15, 0.2) is 5.16 Å². The van der Waals surface area contributed by atoms with E-state index < -0.39 is 0 Å². The molecule has 0 saturated carbocycles. The van der Waals surface area contributed by atoms with E-state index in [2.05, 4.69) is 77.0 Å². The Kier molecular flexibility index (Phi) is 7.28. The molecule has 0 bridgehead atoms. The van der Waals surface area contributed by atoms with Crippen LogP contribution in [0, 0.1) is 34.6 Å². The lowest BCUT2D eigenvalue weighted by Crippen LogP contribution is -2.20. The molecule has 0 radical (unpaired) electrons. The lowest BCUT2D eigenvalue weighted by molar-refractivity contribution is -0.118. The standard InChI is InChI=1S/C24H29N5OS/c1-7-20-10-8-9-15(2)23(20)29-18(5)12-21(19(29)6)13-25-28-22(30)14-31-24-26-16(3)11-17(4)27-24/h8-13H,7,14H2,1-6H3,(H,28,30)/b25-13-. The minimum atomic E-state index is -0.190. The monoisotopic (exact) mass is 435 g/mol. The van der Waals surface area contributed by atoms with Gasteiger partial charge in [-0.2, -0.15) is 5.10 Å².